The summed E-state index contributed by atoms with van der Waals surface area (Å²) < 4.78 is 36.3. The number of amides is 2. The van der Waals surface area contributed by atoms with E-state index >= 15 is 0 Å². The Kier molecular flexibility index (Phi) is 12.3. The van der Waals surface area contributed by atoms with Crippen LogP contribution in [0.3, 0.4) is 0 Å². The molecular formula is C40H40N10O7S3. The largest absolute Gasteiger partial charge is 0.379 e. The molecule has 1 fully saturated rings. The maximum Gasteiger partial charge on any atom is 0.293 e. The monoisotopic (exact) mass is 868 g/mol. The molecule has 5 heterocycles. The molecule has 0 saturated carbocycles. The molecule has 3 aromatic carbocycles. The van der Waals surface area contributed by atoms with Crippen molar-refractivity contribution in [1.82, 2.24) is 29.0 Å². The number of hydrogen-bond donors (Lipinski definition) is 3. The highest BCUT2D eigenvalue weighted by Crippen LogP contribution is 2.32. The van der Waals surface area contributed by atoms with Gasteiger partial charge in [0.05, 0.1) is 35.4 Å². The van der Waals surface area contributed by atoms with Crippen LogP contribution in [0.4, 0.5) is 22.3 Å². The molecule has 0 unspecified atom stereocenters. The molecule has 1 atom stereocenters. The fourth-order valence-electron chi connectivity index (χ4n) is 7.04. The molecule has 3 N–H and O–H groups in total. The Morgan fingerprint density at radius 2 is 1.85 bits per heavy atom. The van der Waals surface area contributed by atoms with E-state index in [1.165, 1.54) is 17.5 Å². The van der Waals surface area contributed by atoms with E-state index in [-0.39, 0.29) is 23.3 Å². The number of morpholine rings is 1. The summed E-state index contributed by atoms with van der Waals surface area (Å²) in [4.78, 5) is 56.3. The maximum atomic E-state index is 13.5. The van der Waals surface area contributed by atoms with Crippen molar-refractivity contribution in [3.63, 3.8) is 0 Å². The van der Waals surface area contributed by atoms with Gasteiger partial charge in [-0.3, -0.25) is 29.6 Å². The van der Waals surface area contributed by atoms with Crippen molar-refractivity contribution in [2.24, 2.45) is 0 Å². The number of carbonyl (C=O) groups is 2. The molecule has 20 heteroatoms. The number of nitrogens with zero attached hydrogens (tertiary/aromatic N) is 7. The second-order valence-electron chi connectivity index (χ2n) is 14.1. The molecule has 8 rings (SSSR count). The number of nitro groups is 1. The lowest BCUT2D eigenvalue weighted by molar-refractivity contribution is -0.384. The number of imidazole rings is 1. The predicted octanol–water partition coefficient (Wildman–Crippen LogP) is 5.32. The zero-order valence-corrected chi connectivity index (χ0v) is 34.5. The van der Waals surface area contributed by atoms with Crippen molar-refractivity contribution in [3.05, 3.63) is 129 Å². The summed E-state index contributed by atoms with van der Waals surface area (Å²) in [6, 6.07) is 18.8. The van der Waals surface area contributed by atoms with Gasteiger partial charge in [-0.05, 0) is 54.3 Å². The second-order valence-corrected chi connectivity index (χ2v) is 17.7. The van der Waals surface area contributed by atoms with Gasteiger partial charge in [-0.2, -0.15) is 0 Å². The van der Waals surface area contributed by atoms with Crippen LogP contribution in [0.2, 0.25) is 0 Å². The number of thioether (sulfide) groups is 1. The van der Waals surface area contributed by atoms with E-state index in [2.05, 4.69) is 30.5 Å². The molecule has 0 spiro atoms. The number of sulfonamides is 1. The lowest BCUT2D eigenvalue weighted by Gasteiger charge is -2.29. The molecule has 17 nitrogen and oxygen atoms in total. The first-order chi connectivity index (χ1) is 29.1. The summed E-state index contributed by atoms with van der Waals surface area (Å²) in [5.41, 5.74) is 2.47. The zero-order valence-electron chi connectivity index (χ0n) is 32.1. The lowest BCUT2D eigenvalue weighted by Crippen LogP contribution is -2.39. The number of ether oxygens (including phenoxy) is 1. The van der Waals surface area contributed by atoms with Gasteiger partial charge >= 0.3 is 0 Å². The van der Waals surface area contributed by atoms with E-state index in [1.807, 2.05) is 52.1 Å². The van der Waals surface area contributed by atoms with Crippen molar-refractivity contribution in [2.45, 2.75) is 35.2 Å². The third kappa shape index (κ3) is 9.58. The highest BCUT2D eigenvalue weighted by molar-refractivity contribution is 7.99. The Labute approximate surface area is 353 Å². The molecule has 2 aliphatic rings. The Bertz CT molecular complexity index is 2600. The van der Waals surface area contributed by atoms with Crippen LogP contribution in [0, 0.1) is 10.1 Å². The van der Waals surface area contributed by atoms with Crippen molar-refractivity contribution in [2.75, 3.05) is 60.7 Å². The minimum atomic E-state index is -4.54. The number of nitrogens with one attached hydrogen (secondary N) is 3. The molecular weight excluding hydrogens is 829 g/mol. The lowest BCUT2D eigenvalue weighted by atomic mass is 9.94. The first kappa shape index (κ1) is 40.8. The number of carbonyl (C=O) groups excluding carboxylic acids is 2. The third-order valence-corrected chi connectivity index (χ3v) is 13.6. The van der Waals surface area contributed by atoms with E-state index in [1.54, 1.807) is 47.0 Å². The number of aromatic nitrogens is 4. The normalized spacial score (nSPS) is 15.0. The number of fused-ring (bicyclic) bond motifs is 2. The Morgan fingerprint density at radius 3 is 2.65 bits per heavy atom. The molecule has 60 heavy (non-hydrogen) atoms. The Balaban J connectivity index is 0.934. The smallest absolute Gasteiger partial charge is 0.293 e. The average molecular weight is 869 g/mol. The van der Waals surface area contributed by atoms with Crippen LogP contribution in [0.25, 0.3) is 5.65 Å². The van der Waals surface area contributed by atoms with E-state index < -0.39 is 31.4 Å². The van der Waals surface area contributed by atoms with Crippen molar-refractivity contribution in [3.8, 4) is 0 Å². The molecule has 0 radical (unpaired) electrons. The molecule has 0 bridgehead atoms. The maximum absolute atomic E-state index is 13.5. The average Bonchev–Trinajstić information content (AvgIpc) is 3.93. The van der Waals surface area contributed by atoms with Crippen LogP contribution in [-0.2, 0) is 27.7 Å². The Morgan fingerprint density at radius 1 is 1.02 bits per heavy atom. The molecule has 2 amide bonds. The Hall–Kier alpha value is -5.93. The van der Waals surface area contributed by atoms with Gasteiger partial charge in [-0.15, -0.1) is 23.1 Å². The summed E-state index contributed by atoms with van der Waals surface area (Å²) in [7, 11) is -4.54. The third-order valence-electron chi connectivity index (χ3n) is 10.2. The van der Waals surface area contributed by atoms with E-state index in [0.717, 1.165) is 53.1 Å². The number of thiazole rings is 1. The van der Waals surface area contributed by atoms with Gasteiger partial charge in [0.1, 0.15) is 11.4 Å². The SMILES string of the molecule is O=C(NS(=O)(=O)c1ccc(N[C@H](CCN2CCOCC2)CSc2ccccc2)c([N+](=O)[O-])c1)c1csc(N2CCc3cccc(C(=O)Nc4cn5ccncc5n4)c3C2)n1. The van der Waals surface area contributed by atoms with Gasteiger partial charge in [-0.1, -0.05) is 30.3 Å². The first-order valence-electron chi connectivity index (χ1n) is 19.1. The fraction of sp³-hybridized carbons (Fsp3) is 0.275. The number of nitro benzene ring substituents is 1. The second kappa shape index (κ2) is 18.1. The summed E-state index contributed by atoms with van der Waals surface area (Å²) in [6.07, 6.45) is 7.94. The molecule has 2 aliphatic heterocycles. The van der Waals surface area contributed by atoms with Gasteiger partial charge in [0.25, 0.3) is 27.5 Å². The number of benzene rings is 3. The minimum Gasteiger partial charge on any atom is -0.379 e. The van der Waals surface area contributed by atoms with Crippen molar-refractivity contribution >= 4 is 72.9 Å². The summed E-state index contributed by atoms with van der Waals surface area (Å²) in [5, 5.41) is 20.4. The van der Waals surface area contributed by atoms with Crippen LogP contribution >= 0.6 is 23.1 Å². The summed E-state index contributed by atoms with van der Waals surface area (Å²) in [5.74, 6) is -0.323. The molecule has 3 aromatic heterocycles. The highest BCUT2D eigenvalue weighted by Gasteiger charge is 2.28. The summed E-state index contributed by atoms with van der Waals surface area (Å²) >= 11 is 2.78. The number of anilines is 3. The van der Waals surface area contributed by atoms with Crippen LogP contribution in [0.5, 0.6) is 0 Å². The molecule has 6 aromatic rings. The van der Waals surface area contributed by atoms with Crippen LogP contribution < -0.4 is 20.3 Å². The van der Waals surface area contributed by atoms with Crippen LogP contribution in [0.15, 0.2) is 107 Å². The minimum absolute atomic E-state index is 0.136. The summed E-state index contributed by atoms with van der Waals surface area (Å²) in [6.45, 7) is 4.54. The van der Waals surface area contributed by atoms with Gasteiger partial charge < -0.3 is 24.7 Å². The van der Waals surface area contributed by atoms with Gasteiger partial charge in [0.15, 0.2) is 16.6 Å². The molecule has 0 aliphatic carbocycles. The zero-order chi connectivity index (χ0) is 41.6. The standard InChI is InChI=1S/C40H40N10O7S3/c51-38(45-36-24-48-16-13-41-22-37(48)44-36)31-8-4-5-27-11-15-49(23-32(27)31)40-43-34(26-59-40)39(52)46-60(55,56)30-9-10-33(35(21-30)50(53)54)42-28(12-14-47-17-19-57-20-18-47)25-58-29-6-2-1-3-7-29/h1-10,13,16,21-22,24,26,28,42H,11-12,14-15,17-20,23,25H2,(H,45,51)(H,46,52)/t28-/m1/s1. The number of rotatable bonds is 15. The molecule has 1 saturated heterocycles. The quantitative estimate of drug-likeness (QED) is 0.0679. The van der Waals surface area contributed by atoms with Crippen molar-refractivity contribution in [1.29, 1.82) is 0 Å². The van der Waals surface area contributed by atoms with E-state index in [4.69, 9.17) is 4.74 Å². The van der Waals surface area contributed by atoms with Crippen LogP contribution in [0.1, 0.15) is 38.4 Å². The first-order valence-corrected chi connectivity index (χ1v) is 22.5. The number of hydrogen-bond acceptors (Lipinski definition) is 15. The van der Waals surface area contributed by atoms with Crippen molar-refractivity contribution < 1.29 is 27.7 Å². The van der Waals surface area contributed by atoms with Gasteiger partial charge in [0.2, 0.25) is 0 Å². The van der Waals surface area contributed by atoms with Gasteiger partial charge in [0, 0.05) is 78.8 Å². The highest BCUT2D eigenvalue weighted by atomic mass is 32.2. The predicted molar refractivity (Wildman–Crippen MR) is 228 cm³/mol. The topological polar surface area (TPSA) is 206 Å². The van der Waals surface area contributed by atoms with Crippen LogP contribution in [-0.4, -0.2) is 101 Å². The van der Waals surface area contributed by atoms with E-state index in [9.17, 15) is 28.1 Å². The van der Waals surface area contributed by atoms with Gasteiger partial charge in [-0.25, -0.2) is 23.1 Å². The molecule has 310 valence electrons. The van der Waals surface area contributed by atoms with E-state index in [0.29, 0.717) is 67.1 Å². The fourth-order valence-corrected chi connectivity index (χ4v) is 9.84.